The topological polar surface area (TPSA) is 62.1 Å². The quantitative estimate of drug-likeness (QED) is 0.789. The summed E-state index contributed by atoms with van der Waals surface area (Å²) in [5.41, 5.74) is 2.41. The summed E-state index contributed by atoms with van der Waals surface area (Å²) in [6.07, 6.45) is 4.36. The first-order valence-electron chi connectivity index (χ1n) is 9.61. The van der Waals surface area contributed by atoms with Crippen LogP contribution in [0, 0.1) is 16.7 Å². The molecule has 1 saturated carbocycles. The number of hydrogen-bond acceptors (Lipinski definition) is 3. The number of amides is 1. The first-order chi connectivity index (χ1) is 13.2. The maximum Gasteiger partial charge on any atom is 0.240 e. The highest BCUT2D eigenvalue weighted by atomic mass is 16.5. The van der Waals surface area contributed by atoms with Crippen LogP contribution >= 0.6 is 0 Å². The molecule has 1 fully saturated rings. The molecule has 0 saturated heterocycles. The number of nitrogens with zero attached hydrogens (tertiary/aromatic N) is 1. The molecule has 1 aliphatic carbocycles. The van der Waals surface area contributed by atoms with Crippen molar-refractivity contribution in [1.82, 2.24) is 5.32 Å². The van der Waals surface area contributed by atoms with Gasteiger partial charge >= 0.3 is 0 Å². The average molecular weight is 362 g/mol. The second-order valence-electron chi connectivity index (χ2n) is 7.24. The van der Waals surface area contributed by atoms with Crippen molar-refractivity contribution < 1.29 is 9.53 Å². The van der Waals surface area contributed by atoms with E-state index in [1.54, 1.807) is 0 Å². The summed E-state index contributed by atoms with van der Waals surface area (Å²) in [5, 5.41) is 12.5. The van der Waals surface area contributed by atoms with Gasteiger partial charge in [-0.3, -0.25) is 4.79 Å². The Balaban J connectivity index is 1.51. The molecular formula is C23H26N2O2. The number of carbonyl (C=O) groups excluding carboxylic acids is 1. The van der Waals surface area contributed by atoms with Gasteiger partial charge in [-0.2, -0.15) is 5.26 Å². The van der Waals surface area contributed by atoms with Gasteiger partial charge in [0.1, 0.15) is 5.41 Å². The van der Waals surface area contributed by atoms with E-state index in [1.165, 1.54) is 0 Å². The van der Waals surface area contributed by atoms with Gasteiger partial charge in [0.25, 0.3) is 0 Å². The van der Waals surface area contributed by atoms with Gasteiger partial charge in [0, 0.05) is 6.54 Å². The molecule has 1 N–H and O–H groups in total. The molecule has 27 heavy (non-hydrogen) atoms. The van der Waals surface area contributed by atoms with Crippen LogP contribution in [0.1, 0.15) is 48.8 Å². The number of hydrogen-bond donors (Lipinski definition) is 1. The standard InChI is InChI=1S/C23H26N2O2/c24-18-23(12-5-2-6-13-23)22(26)25-15-20-10-7-11-21(14-20)17-27-16-19-8-3-1-4-9-19/h1,3-4,7-11,14H,2,5-6,12-13,15-17H2,(H,25,26). The minimum Gasteiger partial charge on any atom is -0.372 e. The lowest BCUT2D eigenvalue weighted by Gasteiger charge is -2.29. The largest absolute Gasteiger partial charge is 0.372 e. The summed E-state index contributed by atoms with van der Waals surface area (Å²) in [6, 6.07) is 20.4. The van der Waals surface area contributed by atoms with Gasteiger partial charge in [-0.05, 0) is 29.5 Å². The molecule has 0 atom stereocenters. The molecule has 0 heterocycles. The first-order valence-corrected chi connectivity index (χ1v) is 9.61. The van der Waals surface area contributed by atoms with Gasteiger partial charge in [0.15, 0.2) is 0 Å². The van der Waals surface area contributed by atoms with Gasteiger partial charge in [-0.15, -0.1) is 0 Å². The second kappa shape index (κ2) is 9.34. The van der Waals surface area contributed by atoms with E-state index in [-0.39, 0.29) is 5.91 Å². The summed E-state index contributed by atoms with van der Waals surface area (Å²) in [6.45, 7) is 1.54. The molecule has 1 amide bonds. The third kappa shape index (κ3) is 5.18. The fraction of sp³-hybridized carbons (Fsp3) is 0.391. The van der Waals surface area contributed by atoms with Crippen LogP contribution in [-0.4, -0.2) is 5.91 Å². The van der Waals surface area contributed by atoms with Crippen LogP contribution in [0.25, 0.3) is 0 Å². The van der Waals surface area contributed by atoms with E-state index < -0.39 is 5.41 Å². The number of nitriles is 1. The van der Waals surface area contributed by atoms with E-state index in [4.69, 9.17) is 4.74 Å². The highest BCUT2D eigenvalue weighted by molar-refractivity contribution is 5.85. The van der Waals surface area contributed by atoms with Crippen molar-refractivity contribution in [2.24, 2.45) is 5.41 Å². The molecule has 0 spiro atoms. The molecule has 2 aromatic carbocycles. The lowest BCUT2D eigenvalue weighted by Crippen LogP contribution is -2.41. The molecule has 0 aliphatic heterocycles. The van der Waals surface area contributed by atoms with Crippen molar-refractivity contribution in [1.29, 1.82) is 5.26 Å². The van der Waals surface area contributed by atoms with Gasteiger partial charge in [0.05, 0.1) is 19.3 Å². The van der Waals surface area contributed by atoms with E-state index in [1.807, 2.05) is 54.6 Å². The molecule has 0 aromatic heterocycles. The SMILES string of the molecule is N#CC1(C(=O)NCc2cccc(COCc3ccccc3)c2)CCCCC1. The summed E-state index contributed by atoms with van der Waals surface area (Å²) in [5.74, 6) is -0.129. The van der Waals surface area contributed by atoms with E-state index >= 15 is 0 Å². The van der Waals surface area contributed by atoms with Crippen LogP contribution in [0.15, 0.2) is 54.6 Å². The van der Waals surface area contributed by atoms with E-state index in [9.17, 15) is 10.1 Å². The predicted molar refractivity (Wildman–Crippen MR) is 104 cm³/mol. The number of carbonyl (C=O) groups is 1. The van der Waals surface area contributed by atoms with Crippen LogP contribution in [0.3, 0.4) is 0 Å². The highest BCUT2D eigenvalue weighted by Crippen LogP contribution is 2.35. The summed E-state index contributed by atoms with van der Waals surface area (Å²) in [7, 11) is 0. The average Bonchev–Trinajstić information content (AvgIpc) is 2.73. The fourth-order valence-electron chi connectivity index (χ4n) is 3.59. The molecular weight excluding hydrogens is 336 g/mol. The van der Waals surface area contributed by atoms with Crippen molar-refractivity contribution in [2.45, 2.75) is 51.9 Å². The van der Waals surface area contributed by atoms with Gasteiger partial charge < -0.3 is 10.1 Å². The first kappa shape index (κ1) is 19.1. The van der Waals surface area contributed by atoms with Crippen molar-refractivity contribution in [2.75, 3.05) is 0 Å². The van der Waals surface area contributed by atoms with Gasteiger partial charge in [-0.1, -0.05) is 73.9 Å². The third-order valence-corrected chi connectivity index (χ3v) is 5.18. The summed E-state index contributed by atoms with van der Waals surface area (Å²) < 4.78 is 5.78. The molecule has 1 aliphatic rings. The maximum atomic E-state index is 12.6. The van der Waals surface area contributed by atoms with E-state index in [0.29, 0.717) is 32.6 Å². The van der Waals surface area contributed by atoms with E-state index in [0.717, 1.165) is 36.0 Å². The molecule has 0 radical (unpaired) electrons. The minimum absolute atomic E-state index is 0.129. The summed E-state index contributed by atoms with van der Waals surface area (Å²) >= 11 is 0. The number of nitrogens with one attached hydrogen (secondary N) is 1. The van der Waals surface area contributed by atoms with Crippen molar-refractivity contribution in [3.63, 3.8) is 0 Å². The Bertz CT molecular complexity index is 790. The Labute approximate surface area is 161 Å². The van der Waals surface area contributed by atoms with E-state index in [2.05, 4.69) is 11.4 Å². The van der Waals surface area contributed by atoms with Crippen molar-refractivity contribution in [3.05, 3.63) is 71.3 Å². The molecule has 4 heteroatoms. The van der Waals surface area contributed by atoms with Crippen molar-refractivity contribution in [3.8, 4) is 6.07 Å². The highest BCUT2D eigenvalue weighted by Gasteiger charge is 2.39. The normalized spacial score (nSPS) is 15.7. The zero-order valence-electron chi connectivity index (χ0n) is 15.6. The number of ether oxygens (including phenoxy) is 1. The van der Waals surface area contributed by atoms with Gasteiger partial charge in [0.2, 0.25) is 5.91 Å². The zero-order valence-corrected chi connectivity index (χ0v) is 15.6. The lowest BCUT2D eigenvalue weighted by molar-refractivity contribution is -0.129. The fourth-order valence-corrected chi connectivity index (χ4v) is 3.59. The molecule has 140 valence electrons. The molecule has 3 rings (SSSR count). The lowest BCUT2D eigenvalue weighted by atomic mass is 9.74. The van der Waals surface area contributed by atoms with Crippen molar-refractivity contribution >= 4 is 5.91 Å². The maximum absolute atomic E-state index is 12.6. The Morgan fingerprint density at radius 2 is 1.63 bits per heavy atom. The smallest absolute Gasteiger partial charge is 0.240 e. The zero-order chi connectivity index (χ0) is 19.0. The Hall–Kier alpha value is -2.64. The third-order valence-electron chi connectivity index (χ3n) is 5.18. The van der Waals surface area contributed by atoms with Crippen LogP contribution in [-0.2, 0) is 29.3 Å². The molecule has 2 aromatic rings. The van der Waals surface area contributed by atoms with Crippen LogP contribution in [0.2, 0.25) is 0 Å². The van der Waals surface area contributed by atoms with Gasteiger partial charge in [-0.25, -0.2) is 0 Å². The minimum atomic E-state index is -0.839. The monoisotopic (exact) mass is 362 g/mol. The Morgan fingerprint density at radius 1 is 0.963 bits per heavy atom. The number of benzene rings is 2. The number of rotatable bonds is 7. The van der Waals surface area contributed by atoms with Crippen LogP contribution < -0.4 is 5.32 Å². The Morgan fingerprint density at radius 3 is 2.37 bits per heavy atom. The predicted octanol–water partition coefficient (Wildman–Crippen LogP) is 4.49. The van der Waals surface area contributed by atoms with Crippen LogP contribution in [0.4, 0.5) is 0 Å². The second-order valence-corrected chi connectivity index (χ2v) is 7.24. The Kier molecular flexibility index (Phi) is 6.62. The molecule has 0 unspecified atom stereocenters. The van der Waals surface area contributed by atoms with Crippen LogP contribution in [0.5, 0.6) is 0 Å². The summed E-state index contributed by atoms with van der Waals surface area (Å²) in [4.78, 5) is 12.6. The molecule has 4 nitrogen and oxygen atoms in total. The molecule has 0 bridgehead atoms.